The van der Waals surface area contributed by atoms with Gasteiger partial charge in [-0.1, -0.05) is 18.2 Å². The Bertz CT molecular complexity index is 865. The number of aryl methyl sites for hydroxylation is 1. The van der Waals surface area contributed by atoms with Crippen molar-refractivity contribution in [1.82, 2.24) is 19.2 Å². The number of aromatic nitrogens is 3. The lowest BCUT2D eigenvalue weighted by molar-refractivity contribution is -0.134. The predicted molar refractivity (Wildman–Crippen MR) is 98.2 cm³/mol. The molecule has 0 aliphatic carbocycles. The maximum Gasteiger partial charge on any atom is 0.227 e. The minimum Gasteiger partial charge on any atom is -0.350 e. The number of carbonyl (C=O) groups excluding carboxylic acids is 1. The van der Waals surface area contributed by atoms with Crippen molar-refractivity contribution >= 4 is 16.8 Å². The van der Waals surface area contributed by atoms with Crippen molar-refractivity contribution in [2.45, 2.75) is 38.3 Å². The Hall–Kier alpha value is -2.56. The van der Waals surface area contributed by atoms with Gasteiger partial charge in [0.15, 0.2) is 0 Å². The summed E-state index contributed by atoms with van der Waals surface area (Å²) in [5.74, 6) is 0.230. The quantitative estimate of drug-likeness (QED) is 0.735. The molecule has 0 radical (unpaired) electrons. The van der Waals surface area contributed by atoms with Crippen LogP contribution < -0.4 is 0 Å². The van der Waals surface area contributed by atoms with Crippen molar-refractivity contribution in [3.8, 4) is 0 Å². The van der Waals surface area contributed by atoms with Gasteiger partial charge < -0.3 is 9.47 Å². The summed E-state index contributed by atoms with van der Waals surface area (Å²) in [6.07, 6.45) is 9.67. The molecule has 0 saturated carbocycles. The SMILES string of the molecule is Cn1cc(CC(=O)N2CCCCC2Cn2cccn2)c2ccccc21. The van der Waals surface area contributed by atoms with Crippen LogP contribution in [0.1, 0.15) is 24.8 Å². The molecule has 1 fully saturated rings. The van der Waals surface area contributed by atoms with Crippen molar-refractivity contribution in [1.29, 1.82) is 0 Å². The molecule has 3 aromatic rings. The first-order valence-corrected chi connectivity index (χ1v) is 9.02. The number of amides is 1. The van der Waals surface area contributed by atoms with Gasteiger partial charge in [-0.25, -0.2) is 0 Å². The summed E-state index contributed by atoms with van der Waals surface area (Å²) in [5.41, 5.74) is 2.29. The number of rotatable bonds is 4. The average molecular weight is 336 g/mol. The Morgan fingerprint density at radius 1 is 1.24 bits per heavy atom. The van der Waals surface area contributed by atoms with Gasteiger partial charge in [0.05, 0.1) is 19.0 Å². The highest BCUT2D eigenvalue weighted by Gasteiger charge is 2.27. The van der Waals surface area contributed by atoms with Crippen LogP contribution in [0.15, 0.2) is 48.9 Å². The van der Waals surface area contributed by atoms with E-state index in [1.165, 1.54) is 17.3 Å². The Balaban J connectivity index is 1.54. The van der Waals surface area contributed by atoms with Gasteiger partial charge in [-0.15, -0.1) is 0 Å². The van der Waals surface area contributed by atoms with E-state index in [1.54, 1.807) is 6.20 Å². The van der Waals surface area contributed by atoms with Gasteiger partial charge in [0.25, 0.3) is 0 Å². The molecule has 0 spiro atoms. The normalized spacial score (nSPS) is 18.0. The Morgan fingerprint density at radius 3 is 2.96 bits per heavy atom. The van der Waals surface area contributed by atoms with Crippen molar-refractivity contribution in [3.05, 3.63) is 54.5 Å². The second-order valence-corrected chi connectivity index (χ2v) is 6.92. The fourth-order valence-electron chi connectivity index (χ4n) is 3.97. The molecular weight excluding hydrogens is 312 g/mol. The number of piperidine rings is 1. The molecule has 5 heteroatoms. The lowest BCUT2D eigenvalue weighted by atomic mass is 10.0. The molecule has 3 heterocycles. The third kappa shape index (κ3) is 3.18. The van der Waals surface area contributed by atoms with Crippen molar-refractivity contribution in [2.24, 2.45) is 7.05 Å². The number of fused-ring (bicyclic) bond motifs is 1. The van der Waals surface area contributed by atoms with Crippen LogP contribution in [0.25, 0.3) is 10.9 Å². The van der Waals surface area contributed by atoms with E-state index in [2.05, 4.69) is 32.9 Å². The van der Waals surface area contributed by atoms with Crippen molar-refractivity contribution in [3.63, 3.8) is 0 Å². The largest absolute Gasteiger partial charge is 0.350 e. The molecule has 0 bridgehead atoms. The average Bonchev–Trinajstić information content (AvgIpc) is 3.24. The van der Waals surface area contributed by atoms with Gasteiger partial charge in [-0.05, 0) is 37.0 Å². The van der Waals surface area contributed by atoms with Crippen molar-refractivity contribution in [2.75, 3.05) is 6.54 Å². The molecule has 1 amide bonds. The summed E-state index contributed by atoms with van der Waals surface area (Å²) in [6, 6.07) is 10.5. The van der Waals surface area contributed by atoms with Crippen LogP contribution >= 0.6 is 0 Å². The maximum atomic E-state index is 13.0. The monoisotopic (exact) mass is 336 g/mol. The second-order valence-electron chi connectivity index (χ2n) is 6.92. The van der Waals surface area contributed by atoms with Crippen LogP contribution in [-0.4, -0.2) is 37.7 Å². The topological polar surface area (TPSA) is 43.1 Å². The van der Waals surface area contributed by atoms with Crippen molar-refractivity contribution < 1.29 is 4.79 Å². The van der Waals surface area contributed by atoms with Crippen LogP contribution in [0, 0.1) is 0 Å². The van der Waals surface area contributed by atoms with Crippen LogP contribution in [0.2, 0.25) is 0 Å². The van der Waals surface area contributed by atoms with E-state index in [4.69, 9.17) is 0 Å². The standard InChI is InChI=1S/C20H24N4O/c1-22-14-16(18-8-2-3-9-19(18)22)13-20(25)24-12-5-4-7-17(24)15-23-11-6-10-21-23/h2-3,6,8-11,14,17H,4-5,7,12-13,15H2,1H3. The minimum atomic E-state index is 0.230. The van der Waals surface area contributed by atoms with Gasteiger partial charge in [0, 0.05) is 43.1 Å². The zero-order valence-corrected chi connectivity index (χ0v) is 14.6. The molecule has 1 atom stereocenters. The highest BCUT2D eigenvalue weighted by Crippen LogP contribution is 2.24. The molecule has 1 unspecified atom stereocenters. The molecule has 0 N–H and O–H groups in total. The fraction of sp³-hybridized carbons (Fsp3) is 0.400. The van der Waals surface area contributed by atoms with Gasteiger partial charge in [0.1, 0.15) is 0 Å². The summed E-state index contributed by atoms with van der Waals surface area (Å²) in [6.45, 7) is 1.64. The first-order chi connectivity index (χ1) is 12.2. The zero-order chi connectivity index (χ0) is 17.2. The first kappa shape index (κ1) is 15.9. The molecule has 25 heavy (non-hydrogen) atoms. The molecule has 4 rings (SSSR count). The smallest absolute Gasteiger partial charge is 0.227 e. The summed E-state index contributed by atoms with van der Waals surface area (Å²) < 4.78 is 4.05. The predicted octanol–water partition coefficient (Wildman–Crippen LogP) is 3.00. The van der Waals surface area contributed by atoms with E-state index >= 15 is 0 Å². The highest BCUT2D eigenvalue weighted by molar-refractivity contribution is 5.89. The minimum absolute atomic E-state index is 0.230. The van der Waals surface area contributed by atoms with E-state index in [-0.39, 0.29) is 11.9 Å². The molecule has 130 valence electrons. The number of carbonyl (C=O) groups is 1. The number of hydrogen-bond donors (Lipinski definition) is 0. The number of nitrogens with zero attached hydrogens (tertiary/aromatic N) is 4. The van der Waals surface area contributed by atoms with Crippen LogP contribution in [-0.2, 0) is 24.8 Å². The Kier molecular flexibility index (Phi) is 4.30. The third-order valence-corrected chi connectivity index (χ3v) is 5.23. The van der Waals surface area contributed by atoms with Gasteiger partial charge >= 0.3 is 0 Å². The number of benzene rings is 1. The molecule has 5 nitrogen and oxygen atoms in total. The molecular formula is C20H24N4O. The van der Waals surface area contributed by atoms with E-state index < -0.39 is 0 Å². The molecule has 1 saturated heterocycles. The van der Waals surface area contributed by atoms with Crippen LogP contribution in [0.5, 0.6) is 0 Å². The Morgan fingerprint density at radius 2 is 2.12 bits per heavy atom. The molecule has 1 aromatic carbocycles. The third-order valence-electron chi connectivity index (χ3n) is 5.23. The second kappa shape index (κ2) is 6.75. The fourth-order valence-corrected chi connectivity index (χ4v) is 3.97. The van der Waals surface area contributed by atoms with Crippen LogP contribution in [0.3, 0.4) is 0 Å². The molecule has 1 aliphatic rings. The van der Waals surface area contributed by atoms with Gasteiger partial charge in [-0.2, -0.15) is 5.10 Å². The Labute approximate surface area is 147 Å². The number of likely N-dealkylation sites (tertiary alicyclic amines) is 1. The first-order valence-electron chi connectivity index (χ1n) is 9.02. The maximum absolute atomic E-state index is 13.0. The van der Waals surface area contributed by atoms with Crippen LogP contribution in [0.4, 0.5) is 0 Å². The van der Waals surface area contributed by atoms with Gasteiger partial charge in [-0.3, -0.25) is 9.48 Å². The van der Waals surface area contributed by atoms with Gasteiger partial charge in [0.2, 0.25) is 5.91 Å². The lowest BCUT2D eigenvalue weighted by Crippen LogP contribution is -2.46. The van der Waals surface area contributed by atoms with E-state index in [0.717, 1.165) is 31.5 Å². The summed E-state index contributed by atoms with van der Waals surface area (Å²) >= 11 is 0. The lowest BCUT2D eigenvalue weighted by Gasteiger charge is -2.35. The number of hydrogen-bond acceptors (Lipinski definition) is 2. The summed E-state index contributed by atoms with van der Waals surface area (Å²) in [5, 5.41) is 5.49. The summed E-state index contributed by atoms with van der Waals surface area (Å²) in [7, 11) is 2.04. The molecule has 2 aromatic heterocycles. The number of para-hydroxylation sites is 1. The summed E-state index contributed by atoms with van der Waals surface area (Å²) in [4.78, 5) is 15.1. The van der Waals surface area contributed by atoms with E-state index in [0.29, 0.717) is 6.42 Å². The zero-order valence-electron chi connectivity index (χ0n) is 14.6. The van der Waals surface area contributed by atoms with E-state index in [9.17, 15) is 4.79 Å². The highest BCUT2D eigenvalue weighted by atomic mass is 16.2. The van der Waals surface area contributed by atoms with E-state index in [1.807, 2.05) is 36.1 Å². The molecule has 1 aliphatic heterocycles.